The van der Waals surface area contributed by atoms with Gasteiger partial charge in [-0.3, -0.25) is 0 Å². The Morgan fingerprint density at radius 3 is 2.68 bits per heavy atom. The highest BCUT2D eigenvalue weighted by molar-refractivity contribution is 6.20. The Balaban J connectivity index is 2.01. The van der Waals surface area contributed by atoms with Gasteiger partial charge in [-0.05, 0) is 19.3 Å². The topological polar surface area (TPSA) is 134 Å². The van der Waals surface area contributed by atoms with Crippen LogP contribution in [0.1, 0.15) is 19.8 Å². The summed E-state index contributed by atoms with van der Waals surface area (Å²) < 4.78 is 10.9. The molecule has 8 atom stereocenters. The molecule has 0 aromatic heterocycles. The molecule has 0 aromatic rings. The lowest BCUT2D eigenvalue weighted by Crippen LogP contribution is -2.53. The maximum atomic E-state index is 12.4. The van der Waals surface area contributed by atoms with Crippen LogP contribution in [0.4, 0.5) is 0 Å². The first-order valence-corrected chi connectivity index (χ1v) is 9.59. The molecule has 3 fully saturated rings. The number of rotatable bonds is 4. The summed E-state index contributed by atoms with van der Waals surface area (Å²) in [5.41, 5.74) is -3.19. The zero-order chi connectivity index (χ0) is 21.0. The molecule has 0 aromatic carbocycles. The maximum Gasteiger partial charge on any atom is 0.339 e. The molecule has 4 N–H and O–H groups in total. The van der Waals surface area contributed by atoms with Crippen LogP contribution in [-0.4, -0.2) is 74.4 Å². The lowest BCUT2D eigenvalue weighted by atomic mass is 9.76. The second kappa shape index (κ2) is 7.11. The van der Waals surface area contributed by atoms with E-state index >= 15 is 0 Å². The Kier molecular flexibility index (Phi) is 5.40. The van der Waals surface area contributed by atoms with Crippen LogP contribution in [0, 0.1) is 17.8 Å². The minimum Gasteiger partial charge on any atom is -0.459 e. The van der Waals surface area contributed by atoms with E-state index in [9.17, 15) is 30.0 Å². The second-order valence-electron chi connectivity index (χ2n) is 8.17. The van der Waals surface area contributed by atoms with E-state index in [1.165, 1.54) is 6.92 Å². The summed E-state index contributed by atoms with van der Waals surface area (Å²) in [7, 11) is 0. The number of carbonyl (C=O) groups excluding carboxylic acids is 2. The SMILES string of the molecule is C=C1C(=O)O[C@@H]2[C@H]1[C@@H](OC(=O)[C@@](C)(O)CCl)CC(=C)[C@@H]1C[C@H](O)[C@](O)(CO)[C@H]21. The lowest BCUT2D eigenvalue weighted by Gasteiger charge is -2.37. The van der Waals surface area contributed by atoms with Crippen LogP contribution in [0.2, 0.25) is 0 Å². The smallest absolute Gasteiger partial charge is 0.339 e. The van der Waals surface area contributed by atoms with Crippen molar-refractivity contribution in [1.29, 1.82) is 0 Å². The quantitative estimate of drug-likeness (QED) is 0.212. The average molecular weight is 417 g/mol. The van der Waals surface area contributed by atoms with Crippen molar-refractivity contribution in [3.05, 3.63) is 24.3 Å². The minimum atomic E-state index is -1.92. The number of esters is 2. The first-order chi connectivity index (χ1) is 13.0. The second-order valence-corrected chi connectivity index (χ2v) is 8.43. The van der Waals surface area contributed by atoms with E-state index in [2.05, 4.69) is 13.2 Å². The predicted octanol–water partition coefficient (Wildman–Crippen LogP) is -0.334. The molecule has 0 bridgehead atoms. The van der Waals surface area contributed by atoms with Crippen molar-refractivity contribution in [3.63, 3.8) is 0 Å². The first kappa shape index (κ1) is 21.3. The Bertz CT molecular complexity index is 719. The Morgan fingerprint density at radius 2 is 2.11 bits per heavy atom. The van der Waals surface area contributed by atoms with Gasteiger partial charge in [-0.25, -0.2) is 9.59 Å². The van der Waals surface area contributed by atoms with E-state index in [-0.39, 0.29) is 24.3 Å². The number of aliphatic hydroxyl groups is 4. The number of halogens is 1. The van der Waals surface area contributed by atoms with Crippen LogP contribution in [-0.2, 0) is 19.1 Å². The largest absolute Gasteiger partial charge is 0.459 e. The fourth-order valence-corrected chi connectivity index (χ4v) is 4.73. The molecule has 9 heteroatoms. The minimum absolute atomic E-state index is 0.0587. The molecule has 0 unspecified atom stereocenters. The van der Waals surface area contributed by atoms with Gasteiger partial charge in [0.25, 0.3) is 0 Å². The van der Waals surface area contributed by atoms with Crippen molar-refractivity contribution < 1.29 is 39.5 Å². The molecule has 28 heavy (non-hydrogen) atoms. The molecule has 156 valence electrons. The van der Waals surface area contributed by atoms with E-state index in [1.54, 1.807) is 0 Å². The van der Waals surface area contributed by atoms with Crippen molar-refractivity contribution in [1.82, 2.24) is 0 Å². The Labute approximate surface area is 167 Å². The lowest BCUT2D eigenvalue weighted by molar-refractivity contribution is -0.174. The summed E-state index contributed by atoms with van der Waals surface area (Å²) in [5.74, 6) is -4.17. The molecule has 8 nitrogen and oxygen atoms in total. The molecule has 3 aliphatic rings. The molecular weight excluding hydrogens is 392 g/mol. The first-order valence-electron chi connectivity index (χ1n) is 9.06. The molecule has 0 radical (unpaired) electrons. The van der Waals surface area contributed by atoms with E-state index in [1.807, 2.05) is 0 Å². The zero-order valence-electron chi connectivity index (χ0n) is 15.5. The third kappa shape index (κ3) is 3.07. The van der Waals surface area contributed by atoms with Gasteiger partial charge in [-0.2, -0.15) is 0 Å². The third-order valence-electron chi connectivity index (χ3n) is 6.28. The van der Waals surface area contributed by atoms with Gasteiger partial charge in [-0.1, -0.05) is 18.7 Å². The highest BCUT2D eigenvalue weighted by atomic mass is 35.5. The molecule has 2 aliphatic carbocycles. The van der Waals surface area contributed by atoms with Gasteiger partial charge >= 0.3 is 11.9 Å². The van der Waals surface area contributed by atoms with Gasteiger partial charge in [0.05, 0.1) is 24.5 Å². The van der Waals surface area contributed by atoms with E-state index in [0.29, 0.717) is 5.57 Å². The van der Waals surface area contributed by atoms with Gasteiger partial charge < -0.3 is 29.9 Å². The number of fused-ring (bicyclic) bond motifs is 3. The van der Waals surface area contributed by atoms with Crippen LogP contribution < -0.4 is 0 Å². The summed E-state index contributed by atoms with van der Waals surface area (Å²) in [6.07, 6.45) is -2.89. The van der Waals surface area contributed by atoms with Crippen molar-refractivity contribution in [3.8, 4) is 0 Å². The fraction of sp³-hybridized carbons (Fsp3) is 0.684. The average Bonchev–Trinajstić information content (AvgIpc) is 3.04. The molecule has 1 saturated heterocycles. The van der Waals surface area contributed by atoms with Crippen LogP contribution in [0.3, 0.4) is 0 Å². The monoisotopic (exact) mass is 416 g/mol. The number of carbonyl (C=O) groups is 2. The van der Waals surface area contributed by atoms with Crippen LogP contribution in [0.15, 0.2) is 24.3 Å². The maximum absolute atomic E-state index is 12.4. The summed E-state index contributed by atoms with van der Waals surface area (Å²) in [6.45, 7) is 8.23. The Hall–Kier alpha value is -1.45. The summed E-state index contributed by atoms with van der Waals surface area (Å²) >= 11 is 5.63. The van der Waals surface area contributed by atoms with Crippen molar-refractivity contribution in [2.75, 3.05) is 12.5 Å². The molecule has 1 heterocycles. The number of hydrogen-bond acceptors (Lipinski definition) is 8. The normalized spacial score (nSPS) is 42.3. The summed E-state index contributed by atoms with van der Waals surface area (Å²) in [5, 5.41) is 41.1. The summed E-state index contributed by atoms with van der Waals surface area (Å²) in [6, 6.07) is 0. The molecule has 0 spiro atoms. The van der Waals surface area contributed by atoms with Gasteiger partial charge in [0.15, 0.2) is 5.60 Å². The van der Waals surface area contributed by atoms with Crippen molar-refractivity contribution in [2.24, 2.45) is 17.8 Å². The van der Waals surface area contributed by atoms with E-state index in [4.69, 9.17) is 21.1 Å². The molecule has 3 rings (SSSR count). The number of alkyl halides is 1. The number of aliphatic hydroxyl groups excluding tert-OH is 2. The van der Waals surface area contributed by atoms with E-state index < -0.39 is 65.8 Å². The fourth-order valence-electron chi connectivity index (χ4n) is 4.62. The van der Waals surface area contributed by atoms with Gasteiger partial charge in [0.2, 0.25) is 0 Å². The highest BCUT2D eigenvalue weighted by Crippen LogP contribution is 2.54. The highest BCUT2D eigenvalue weighted by Gasteiger charge is 2.64. The van der Waals surface area contributed by atoms with Crippen molar-refractivity contribution >= 4 is 23.5 Å². The predicted molar refractivity (Wildman–Crippen MR) is 97.1 cm³/mol. The van der Waals surface area contributed by atoms with Gasteiger partial charge in [0, 0.05) is 17.9 Å². The van der Waals surface area contributed by atoms with E-state index in [0.717, 1.165) is 0 Å². The molecule has 2 saturated carbocycles. The molecule has 0 amide bonds. The number of ether oxygens (including phenoxy) is 2. The number of hydrogen-bond donors (Lipinski definition) is 4. The standard InChI is InChI=1S/C19H25ClO8/c1-8-4-11(27-17(24)18(3,25)6-20)13-9(2)16(23)28-15(13)14-10(8)5-12(22)19(14,26)7-21/h10-15,21-22,25-26H,1-2,4-7H2,3H3/t10-,11-,12-,13+,14-,15+,18-,19+/m0/s1. The van der Waals surface area contributed by atoms with Crippen LogP contribution in [0.25, 0.3) is 0 Å². The third-order valence-corrected chi connectivity index (χ3v) is 6.80. The van der Waals surface area contributed by atoms with Crippen LogP contribution >= 0.6 is 11.6 Å². The van der Waals surface area contributed by atoms with Gasteiger partial charge in [0.1, 0.15) is 17.8 Å². The molecular formula is C19H25ClO8. The van der Waals surface area contributed by atoms with Crippen LogP contribution in [0.5, 0.6) is 0 Å². The van der Waals surface area contributed by atoms with Crippen molar-refractivity contribution in [2.45, 2.75) is 49.3 Å². The van der Waals surface area contributed by atoms with Gasteiger partial charge in [-0.15, -0.1) is 11.6 Å². The summed E-state index contributed by atoms with van der Waals surface area (Å²) in [4.78, 5) is 24.6. The zero-order valence-corrected chi connectivity index (χ0v) is 16.3. The molecule has 1 aliphatic heterocycles. The Morgan fingerprint density at radius 1 is 1.46 bits per heavy atom.